The number of rotatable bonds is 2. The maximum Gasteiger partial charge on any atom is 0.466 e. The molecule has 0 aromatic carbocycles. The van der Waals surface area contributed by atoms with Gasteiger partial charge in [-0.3, -0.25) is 0 Å². The van der Waals surface area contributed by atoms with Crippen molar-refractivity contribution in [3.8, 4) is 0 Å². The first-order chi connectivity index (χ1) is 3.33. The van der Waals surface area contributed by atoms with Crippen LogP contribution in [0.25, 0.3) is 0 Å². The van der Waals surface area contributed by atoms with Crippen molar-refractivity contribution >= 4 is 23.1 Å². The van der Waals surface area contributed by atoms with E-state index in [4.69, 9.17) is 0 Å². The largest absolute Gasteiger partial charge is 0.466 e. The topological polar surface area (TPSA) is 43.5 Å². The third kappa shape index (κ3) is 1.54. The van der Waals surface area contributed by atoms with Gasteiger partial charge in [-0.1, -0.05) is 0 Å². The predicted molar refractivity (Wildman–Crippen MR) is 27.5 cm³/mol. The van der Waals surface area contributed by atoms with E-state index in [-0.39, 0.29) is 23.1 Å². The lowest BCUT2D eigenvalue weighted by molar-refractivity contribution is -0.214. The quantitative estimate of drug-likeness (QED) is 0.208. The second kappa shape index (κ2) is 2.95. The van der Waals surface area contributed by atoms with Gasteiger partial charge in [-0.15, -0.1) is 9.78 Å². The predicted octanol–water partition coefficient (Wildman–Crippen LogP) is -1.06. The van der Waals surface area contributed by atoms with Crippen LogP contribution in [-0.2, 0) is 19.2 Å². The van der Waals surface area contributed by atoms with Gasteiger partial charge in [-0.2, -0.15) is 0 Å². The van der Waals surface area contributed by atoms with Crippen molar-refractivity contribution in [2.45, 2.75) is 6.16 Å². The Bertz CT molecular complexity index is 65.7. The number of methoxy groups -OCH3 is 2. The second-order valence-corrected chi connectivity index (χ2v) is 1.07. The van der Waals surface area contributed by atoms with Crippen LogP contribution in [0, 0.1) is 0 Å². The van der Waals surface area contributed by atoms with Crippen molar-refractivity contribution in [3.05, 3.63) is 0 Å². The summed E-state index contributed by atoms with van der Waals surface area (Å²) in [6.45, 7) is 0. The van der Waals surface area contributed by atoms with Crippen LogP contribution in [-0.4, -0.2) is 43.4 Å². The van der Waals surface area contributed by atoms with Gasteiger partial charge in [0.1, 0.15) is 0 Å². The molecule has 1 fully saturated rings. The molecular formula is C3H8MgO4. The highest BCUT2D eigenvalue weighted by atomic mass is 24.3. The first-order valence-corrected chi connectivity index (χ1v) is 1.80. The molecule has 0 spiro atoms. The summed E-state index contributed by atoms with van der Waals surface area (Å²) in [4.78, 5) is 8.50. The van der Waals surface area contributed by atoms with E-state index >= 15 is 0 Å². The van der Waals surface area contributed by atoms with E-state index < -0.39 is 6.16 Å². The summed E-state index contributed by atoms with van der Waals surface area (Å²) in [7, 11) is 2.85. The Morgan fingerprint density at radius 2 is 1.50 bits per heavy atom. The minimum atomic E-state index is -1.17. The van der Waals surface area contributed by atoms with Gasteiger partial charge in [0.15, 0.2) is 0 Å². The first-order valence-electron chi connectivity index (χ1n) is 1.80. The highest BCUT2D eigenvalue weighted by Crippen LogP contribution is 2.29. The zero-order valence-corrected chi connectivity index (χ0v) is 4.13. The molecule has 0 aromatic rings. The summed E-state index contributed by atoms with van der Waals surface area (Å²) in [5, 5.41) is 0. The zero-order valence-electron chi connectivity index (χ0n) is 4.13. The molecular weight excluding hydrogens is 124 g/mol. The van der Waals surface area contributed by atoms with Crippen LogP contribution in [0.4, 0.5) is 0 Å². The van der Waals surface area contributed by atoms with Crippen LogP contribution in [0.3, 0.4) is 0 Å². The zero-order chi connectivity index (χ0) is 5.33. The summed E-state index contributed by atoms with van der Waals surface area (Å²) in [5.74, 6) is 0. The molecule has 1 saturated heterocycles. The molecule has 46 valence electrons. The van der Waals surface area contributed by atoms with Crippen LogP contribution in [0.15, 0.2) is 0 Å². The fourth-order valence-corrected chi connectivity index (χ4v) is 0.253. The lowest BCUT2D eigenvalue weighted by atomic mass is 11.1. The molecule has 0 atom stereocenters. The third-order valence-corrected chi connectivity index (χ3v) is 0.719. The molecule has 0 N–H and O–H groups in total. The molecule has 0 unspecified atom stereocenters. The monoisotopic (exact) mass is 132 g/mol. The van der Waals surface area contributed by atoms with Crippen LogP contribution in [0.2, 0.25) is 0 Å². The molecule has 0 radical (unpaired) electrons. The Kier molecular flexibility index (Phi) is 3.17. The SMILES string of the molecule is COC1(OC)OO1.[MgH2]. The number of hydrogen-bond donors (Lipinski definition) is 0. The fraction of sp³-hybridized carbons (Fsp3) is 1.00. The molecule has 8 heavy (non-hydrogen) atoms. The average molecular weight is 132 g/mol. The van der Waals surface area contributed by atoms with Crippen molar-refractivity contribution in [2.24, 2.45) is 0 Å². The summed E-state index contributed by atoms with van der Waals surface area (Å²) >= 11 is 0. The molecule has 1 aliphatic heterocycles. The molecule has 0 saturated carbocycles. The molecule has 4 nitrogen and oxygen atoms in total. The lowest BCUT2D eigenvalue weighted by Gasteiger charge is -1.96. The average Bonchev–Trinajstić information content (AvgIpc) is 2.46. The first kappa shape index (κ1) is 8.61. The van der Waals surface area contributed by atoms with Gasteiger partial charge in [0.2, 0.25) is 0 Å². The molecule has 1 aliphatic rings. The van der Waals surface area contributed by atoms with Crippen LogP contribution < -0.4 is 0 Å². The molecule has 0 bridgehead atoms. The van der Waals surface area contributed by atoms with Crippen LogP contribution in [0.5, 0.6) is 0 Å². The van der Waals surface area contributed by atoms with Gasteiger partial charge >= 0.3 is 29.2 Å². The summed E-state index contributed by atoms with van der Waals surface area (Å²) in [6, 6.07) is 0. The smallest absolute Gasteiger partial charge is 0.303 e. The highest BCUT2D eigenvalue weighted by Gasteiger charge is 2.51. The van der Waals surface area contributed by atoms with Gasteiger partial charge in [0.05, 0.1) is 0 Å². The molecule has 0 aliphatic carbocycles. The van der Waals surface area contributed by atoms with Gasteiger partial charge in [0, 0.05) is 14.2 Å². The third-order valence-electron chi connectivity index (χ3n) is 0.719. The van der Waals surface area contributed by atoms with Crippen molar-refractivity contribution < 1.29 is 19.2 Å². The van der Waals surface area contributed by atoms with Crippen LogP contribution in [0.1, 0.15) is 0 Å². The minimum Gasteiger partial charge on any atom is -0.303 e. The van der Waals surface area contributed by atoms with Gasteiger partial charge in [-0.05, 0) is 0 Å². The van der Waals surface area contributed by atoms with E-state index in [1.807, 2.05) is 0 Å². The molecule has 0 amide bonds. The maximum absolute atomic E-state index is 4.53. The van der Waals surface area contributed by atoms with E-state index in [0.717, 1.165) is 0 Å². The highest BCUT2D eigenvalue weighted by molar-refractivity contribution is 5.75. The summed E-state index contributed by atoms with van der Waals surface area (Å²) in [5.41, 5.74) is 0. The molecule has 5 heteroatoms. The molecule has 1 rings (SSSR count). The van der Waals surface area contributed by atoms with Gasteiger partial charge in [-0.25, -0.2) is 0 Å². The van der Waals surface area contributed by atoms with E-state index in [1.54, 1.807) is 0 Å². The minimum absolute atomic E-state index is 0. The number of hydrogen-bond acceptors (Lipinski definition) is 4. The van der Waals surface area contributed by atoms with E-state index in [0.29, 0.717) is 0 Å². The van der Waals surface area contributed by atoms with Crippen molar-refractivity contribution in [1.29, 1.82) is 0 Å². The second-order valence-electron chi connectivity index (χ2n) is 1.07. The van der Waals surface area contributed by atoms with E-state index in [9.17, 15) is 0 Å². The molecule has 1 heterocycles. The summed E-state index contributed by atoms with van der Waals surface area (Å²) in [6.07, 6.45) is -1.17. The Labute approximate surface area is 63.1 Å². The fourth-order valence-electron chi connectivity index (χ4n) is 0.253. The van der Waals surface area contributed by atoms with Gasteiger partial charge < -0.3 is 9.47 Å². The Hall–Kier alpha value is 0.606. The summed E-state index contributed by atoms with van der Waals surface area (Å²) < 4.78 is 9.06. The Balaban J connectivity index is 0.000000490. The molecule has 0 aromatic heterocycles. The van der Waals surface area contributed by atoms with Crippen LogP contribution >= 0.6 is 0 Å². The number of ether oxygens (including phenoxy) is 2. The normalized spacial score (nSPS) is 21.8. The Morgan fingerprint density at radius 1 is 1.12 bits per heavy atom. The van der Waals surface area contributed by atoms with Crippen molar-refractivity contribution in [2.75, 3.05) is 14.2 Å². The van der Waals surface area contributed by atoms with Crippen molar-refractivity contribution in [3.63, 3.8) is 0 Å². The standard InChI is InChI=1S/C3H6O4.Mg.2H/c1-4-3(5-2)6-7-3;;;/h1-2H3;;;. The lowest BCUT2D eigenvalue weighted by Crippen LogP contribution is -2.14. The maximum atomic E-state index is 4.53. The van der Waals surface area contributed by atoms with Crippen molar-refractivity contribution in [1.82, 2.24) is 0 Å². The van der Waals surface area contributed by atoms with Gasteiger partial charge in [0.25, 0.3) is 0 Å². The van der Waals surface area contributed by atoms with E-state index in [2.05, 4.69) is 19.2 Å². The Morgan fingerprint density at radius 3 is 1.50 bits per heavy atom. The van der Waals surface area contributed by atoms with E-state index in [1.165, 1.54) is 14.2 Å².